The second-order valence-corrected chi connectivity index (χ2v) is 4.89. The summed E-state index contributed by atoms with van der Waals surface area (Å²) in [5.41, 5.74) is 1.32. The van der Waals surface area contributed by atoms with Crippen molar-refractivity contribution in [2.24, 2.45) is 10.9 Å². The highest BCUT2D eigenvalue weighted by molar-refractivity contribution is 7.99. The highest BCUT2D eigenvalue weighted by atomic mass is 32.2. The van der Waals surface area contributed by atoms with Crippen LogP contribution in [-0.2, 0) is 0 Å². The van der Waals surface area contributed by atoms with Crippen LogP contribution in [0.4, 0.5) is 0 Å². The van der Waals surface area contributed by atoms with Gasteiger partial charge in [0.1, 0.15) is 0 Å². The van der Waals surface area contributed by atoms with Gasteiger partial charge in [-0.25, -0.2) is 0 Å². The van der Waals surface area contributed by atoms with Gasteiger partial charge >= 0.3 is 0 Å². The van der Waals surface area contributed by atoms with Crippen molar-refractivity contribution in [3.8, 4) is 0 Å². The van der Waals surface area contributed by atoms with Crippen LogP contribution in [0.1, 0.15) is 12.0 Å². The normalized spacial score (nSPS) is 19.4. The predicted octanol–water partition coefficient (Wildman–Crippen LogP) is 3.69. The number of nitrogens with zero attached hydrogens (tertiary/aromatic N) is 1. The van der Waals surface area contributed by atoms with Gasteiger partial charge in [-0.2, -0.15) is 0 Å². The summed E-state index contributed by atoms with van der Waals surface area (Å²) in [7, 11) is 0. The Hall–Kier alpha value is -1.02. The molecule has 1 aliphatic rings. The SMILES string of the molecule is Cc1ccc(SCC2C=CN=CC2)cc1. The van der Waals surface area contributed by atoms with Crippen molar-refractivity contribution in [2.75, 3.05) is 5.75 Å². The van der Waals surface area contributed by atoms with Gasteiger partial charge in [-0.15, -0.1) is 11.8 Å². The van der Waals surface area contributed by atoms with Gasteiger partial charge in [0.25, 0.3) is 0 Å². The number of aryl methyl sites for hydroxylation is 1. The van der Waals surface area contributed by atoms with Gasteiger partial charge in [-0.3, -0.25) is 4.99 Å². The van der Waals surface area contributed by atoms with Gasteiger partial charge in [-0.1, -0.05) is 23.8 Å². The van der Waals surface area contributed by atoms with Crippen LogP contribution >= 0.6 is 11.8 Å². The molecule has 1 heterocycles. The maximum Gasteiger partial charge on any atom is 0.0227 e. The molecule has 1 aliphatic heterocycles. The van der Waals surface area contributed by atoms with Gasteiger partial charge in [0, 0.05) is 23.1 Å². The summed E-state index contributed by atoms with van der Waals surface area (Å²) in [5, 5.41) is 0. The molecule has 0 fully saturated rings. The molecule has 2 rings (SSSR count). The van der Waals surface area contributed by atoms with E-state index in [0.29, 0.717) is 5.92 Å². The fourth-order valence-electron chi connectivity index (χ4n) is 1.47. The molecule has 2 heteroatoms. The molecule has 0 N–H and O–H groups in total. The third kappa shape index (κ3) is 3.24. The molecule has 0 radical (unpaired) electrons. The van der Waals surface area contributed by atoms with Gasteiger partial charge in [0.2, 0.25) is 0 Å². The average molecular weight is 217 g/mol. The minimum absolute atomic E-state index is 0.647. The Bertz CT molecular complexity index is 365. The van der Waals surface area contributed by atoms with E-state index in [1.54, 1.807) is 0 Å². The first kappa shape index (κ1) is 10.5. The number of thioether (sulfide) groups is 1. The Morgan fingerprint density at radius 2 is 2.13 bits per heavy atom. The summed E-state index contributed by atoms with van der Waals surface area (Å²) < 4.78 is 0. The average Bonchev–Trinajstić information content (AvgIpc) is 2.30. The number of allylic oxidation sites excluding steroid dienone is 1. The first-order valence-corrected chi connectivity index (χ1v) is 6.21. The molecule has 1 nitrogen and oxygen atoms in total. The highest BCUT2D eigenvalue weighted by Gasteiger charge is 2.06. The summed E-state index contributed by atoms with van der Waals surface area (Å²) in [5.74, 6) is 1.79. The van der Waals surface area contributed by atoms with Crippen molar-refractivity contribution in [1.82, 2.24) is 0 Å². The lowest BCUT2D eigenvalue weighted by Crippen LogP contribution is -2.03. The second kappa shape index (κ2) is 5.17. The molecule has 1 atom stereocenters. The second-order valence-electron chi connectivity index (χ2n) is 3.79. The Morgan fingerprint density at radius 1 is 1.33 bits per heavy atom. The van der Waals surface area contributed by atoms with Crippen LogP contribution < -0.4 is 0 Å². The zero-order valence-electron chi connectivity index (χ0n) is 8.89. The predicted molar refractivity (Wildman–Crippen MR) is 67.6 cm³/mol. The van der Waals surface area contributed by atoms with E-state index < -0.39 is 0 Å². The van der Waals surface area contributed by atoms with Crippen LogP contribution in [-0.4, -0.2) is 12.0 Å². The quantitative estimate of drug-likeness (QED) is 0.703. The molecular formula is C13H15NS. The maximum atomic E-state index is 4.08. The molecule has 0 bridgehead atoms. The number of hydrogen-bond donors (Lipinski definition) is 0. The zero-order chi connectivity index (χ0) is 10.5. The van der Waals surface area contributed by atoms with Crippen LogP contribution in [0.2, 0.25) is 0 Å². The first-order chi connectivity index (χ1) is 7.34. The monoisotopic (exact) mass is 217 g/mol. The third-order valence-electron chi connectivity index (χ3n) is 2.44. The summed E-state index contributed by atoms with van der Waals surface area (Å²) in [4.78, 5) is 5.44. The summed E-state index contributed by atoms with van der Waals surface area (Å²) in [6.07, 6.45) is 7.18. The Balaban J connectivity index is 1.85. The summed E-state index contributed by atoms with van der Waals surface area (Å²) in [6, 6.07) is 8.72. The lowest BCUT2D eigenvalue weighted by molar-refractivity contribution is 0.778. The zero-order valence-corrected chi connectivity index (χ0v) is 9.70. The van der Waals surface area contributed by atoms with Crippen molar-refractivity contribution >= 4 is 18.0 Å². The van der Waals surface area contributed by atoms with Gasteiger partial charge in [0.05, 0.1) is 0 Å². The molecule has 0 spiro atoms. The summed E-state index contributed by atoms with van der Waals surface area (Å²) in [6.45, 7) is 2.12. The standard InChI is InChI=1S/C13H15NS/c1-11-2-4-13(5-3-11)15-10-12-6-8-14-9-7-12/h2-6,8-9,12H,7,10H2,1H3. The fourth-order valence-corrected chi connectivity index (χ4v) is 2.45. The lowest BCUT2D eigenvalue weighted by atomic mass is 10.1. The maximum absolute atomic E-state index is 4.08. The molecule has 0 aliphatic carbocycles. The van der Waals surface area contributed by atoms with E-state index in [1.807, 2.05) is 24.2 Å². The highest BCUT2D eigenvalue weighted by Crippen LogP contribution is 2.23. The Kier molecular flexibility index (Phi) is 3.62. The van der Waals surface area contributed by atoms with Crippen LogP contribution in [0, 0.1) is 12.8 Å². The first-order valence-electron chi connectivity index (χ1n) is 5.22. The lowest BCUT2D eigenvalue weighted by Gasteiger charge is -2.11. The van der Waals surface area contributed by atoms with Gasteiger partial charge < -0.3 is 0 Å². The number of aliphatic imine (C=N–C) groups is 1. The topological polar surface area (TPSA) is 12.4 Å². The molecule has 15 heavy (non-hydrogen) atoms. The number of benzene rings is 1. The van der Waals surface area contributed by atoms with Crippen molar-refractivity contribution in [3.63, 3.8) is 0 Å². The van der Waals surface area contributed by atoms with Gasteiger partial charge in [0.15, 0.2) is 0 Å². The molecule has 0 saturated carbocycles. The Labute approximate surface area is 95.3 Å². The molecule has 0 saturated heterocycles. The van der Waals surface area contributed by atoms with E-state index in [-0.39, 0.29) is 0 Å². The van der Waals surface area contributed by atoms with Crippen LogP contribution in [0.5, 0.6) is 0 Å². The molecule has 1 aromatic carbocycles. The minimum atomic E-state index is 0.647. The molecule has 0 aromatic heterocycles. The van der Waals surface area contributed by atoms with Crippen molar-refractivity contribution in [2.45, 2.75) is 18.2 Å². The fraction of sp³-hybridized carbons (Fsp3) is 0.308. The van der Waals surface area contributed by atoms with Crippen LogP contribution in [0.15, 0.2) is 46.4 Å². The van der Waals surface area contributed by atoms with Crippen LogP contribution in [0.3, 0.4) is 0 Å². The van der Waals surface area contributed by atoms with E-state index >= 15 is 0 Å². The van der Waals surface area contributed by atoms with E-state index in [9.17, 15) is 0 Å². The van der Waals surface area contributed by atoms with E-state index in [0.717, 1.165) is 12.2 Å². The minimum Gasteiger partial charge on any atom is -0.269 e. The number of hydrogen-bond acceptors (Lipinski definition) is 2. The number of rotatable bonds is 3. The molecule has 1 unspecified atom stereocenters. The van der Waals surface area contributed by atoms with Crippen molar-refractivity contribution < 1.29 is 0 Å². The third-order valence-corrected chi connectivity index (χ3v) is 3.64. The Morgan fingerprint density at radius 3 is 2.80 bits per heavy atom. The molecule has 1 aromatic rings. The summed E-state index contributed by atoms with van der Waals surface area (Å²) >= 11 is 1.92. The van der Waals surface area contributed by atoms with Crippen molar-refractivity contribution in [3.05, 3.63) is 42.1 Å². The smallest absolute Gasteiger partial charge is 0.0227 e. The van der Waals surface area contributed by atoms with E-state index in [2.05, 4.69) is 42.3 Å². The van der Waals surface area contributed by atoms with Crippen molar-refractivity contribution in [1.29, 1.82) is 0 Å². The largest absolute Gasteiger partial charge is 0.269 e. The van der Waals surface area contributed by atoms with E-state index in [4.69, 9.17) is 0 Å². The molecule has 78 valence electrons. The molecular weight excluding hydrogens is 202 g/mol. The van der Waals surface area contributed by atoms with E-state index in [1.165, 1.54) is 10.5 Å². The molecule has 0 amide bonds. The van der Waals surface area contributed by atoms with Crippen LogP contribution in [0.25, 0.3) is 0 Å². The van der Waals surface area contributed by atoms with Gasteiger partial charge in [-0.05, 0) is 31.4 Å².